The number of rotatable bonds is 3. The smallest absolute Gasteiger partial charge is 0.228 e. The summed E-state index contributed by atoms with van der Waals surface area (Å²) in [6.07, 6.45) is 7.24. The Labute approximate surface area is 163 Å². The first-order valence-corrected chi connectivity index (χ1v) is 9.45. The third-order valence-electron chi connectivity index (χ3n) is 5.16. The number of nitrogens with zero attached hydrogens (tertiary/aromatic N) is 4. The molecule has 1 N–H and O–H groups in total. The normalized spacial score (nSPS) is 16.0. The van der Waals surface area contributed by atoms with Crippen LogP contribution in [0.15, 0.2) is 36.8 Å². The van der Waals surface area contributed by atoms with Crippen LogP contribution in [0.3, 0.4) is 0 Å². The molecule has 0 atom stereocenters. The summed E-state index contributed by atoms with van der Waals surface area (Å²) in [7, 11) is 3.96. The number of halogens is 1. The Hall–Kier alpha value is -2.44. The molecule has 1 amide bonds. The molecule has 0 bridgehead atoms. The zero-order valence-electron chi connectivity index (χ0n) is 15.4. The molecule has 140 valence electrons. The van der Waals surface area contributed by atoms with Gasteiger partial charge in [-0.25, -0.2) is 4.98 Å². The van der Waals surface area contributed by atoms with Crippen LogP contribution in [0.4, 0.5) is 5.82 Å². The van der Waals surface area contributed by atoms with Crippen molar-refractivity contribution in [2.45, 2.75) is 12.8 Å². The first-order valence-electron chi connectivity index (χ1n) is 9.07. The minimum atomic E-state index is 0.0508. The third kappa shape index (κ3) is 3.82. The van der Waals surface area contributed by atoms with E-state index in [4.69, 9.17) is 11.6 Å². The number of hydrogen-bond donors (Lipinski definition) is 1. The lowest BCUT2D eigenvalue weighted by molar-refractivity contribution is -0.121. The van der Waals surface area contributed by atoms with Crippen LogP contribution in [0, 0.1) is 5.92 Å². The number of pyridine rings is 1. The number of amides is 1. The molecule has 1 aliphatic heterocycles. The maximum Gasteiger partial charge on any atom is 0.228 e. The molecule has 1 aromatic carbocycles. The van der Waals surface area contributed by atoms with Crippen LogP contribution in [0.2, 0.25) is 5.02 Å². The van der Waals surface area contributed by atoms with Gasteiger partial charge in [0.2, 0.25) is 5.91 Å². The predicted octanol–water partition coefficient (Wildman–Crippen LogP) is 3.57. The van der Waals surface area contributed by atoms with E-state index in [-0.39, 0.29) is 11.8 Å². The second-order valence-corrected chi connectivity index (χ2v) is 7.63. The molecule has 6 nitrogen and oxygen atoms in total. The Balaban J connectivity index is 1.59. The van der Waals surface area contributed by atoms with Gasteiger partial charge in [-0.15, -0.1) is 0 Å². The number of fused-ring (bicyclic) bond motifs is 1. The van der Waals surface area contributed by atoms with Crippen LogP contribution in [0.25, 0.3) is 21.9 Å². The zero-order valence-corrected chi connectivity index (χ0v) is 16.2. The van der Waals surface area contributed by atoms with E-state index >= 15 is 0 Å². The lowest BCUT2D eigenvalue weighted by atomic mass is 9.96. The van der Waals surface area contributed by atoms with Crippen LogP contribution < -0.4 is 5.32 Å². The van der Waals surface area contributed by atoms with Crippen molar-refractivity contribution in [3.05, 3.63) is 41.8 Å². The monoisotopic (exact) mass is 383 g/mol. The molecule has 1 aliphatic rings. The molecule has 0 radical (unpaired) electrons. The van der Waals surface area contributed by atoms with Gasteiger partial charge < -0.3 is 10.2 Å². The van der Waals surface area contributed by atoms with Crippen molar-refractivity contribution in [2.24, 2.45) is 13.0 Å². The molecular formula is C20H22ClN5O. The second kappa shape index (κ2) is 7.29. The van der Waals surface area contributed by atoms with Crippen molar-refractivity contribution in [1.82, 2.24) is 19.7 Å². The first-order chi connectivity index (χ1) is 13.0. The number of carbonyl (C=O) groups excluding carboxylic acids is 1. The highest BCUT2D eigenvalue weighted by molar-refractivity contribution is 6.34. The van der Waals surface area contributed by atoms with Gasteiger partial charge in [-0.05, 0) is 56.6 Å². The fourth-order valence-corrected chi connectivity index (χ4v) is 3.80. The maximum atomic E-state index is 12.6. The van der Waals surface area contributed by atoms with Crippen molar-refractivity contribution < 1.29 is 4.79 Å². The van der Waals surface area contributed by atoms with Gasteiger partial charge in [-0.3, -0.25) is 9.48 Å². The summed E-state index contributed by atoms with van der Waals surface area (Å²) in [5.74, 6) is 0.678. The molecule has 2 aromatic heterocycles. The van der Waals surface area contributed by atoms with Gasteiger partial charge in [-0.2, -0.15) is 5.10 Å². The SMILES string of the molecule is CN1CCC(C(=O)Nc2cc3cc(-c4cnn(C)c4)c(Cl)cc3cn2)CC1. The van der Waals surface area contributed by atoms with E-state index in [0.717, 1.165) is 47.8 Å². The number of benzene rings is 1. The largest absolute Gasteiger partial charge is 0.310 e. The van der Waals surface area contributed by atoms with E-state index in [1.807, 2.05) is 31.4 Å². The van der Waals surface area contributed by atoms with E-state index in [2.05, 4.69) is 27.3 Å². The molecule has 3 heterocycles. The minimum Gasteiger partial charge on any atom is -0.310 e. The highest BCUT2D eigenvalue weighted by Crippen LogP contribution is 2.32. The molecule has 7 heteroatoms. The molecule has 27 heavy (non-hydrogen) atoms. The average molecular weight is 384 g/mol. The number of aromatic nitrogens is 3. The molecule has 0 unspecified atom stereocenters. The highest BCUT2D eigenvalue weighted by atomic mass is 35.5. The van der Waals surface area contributed by atoms with Crippen LogP contribution in [0.1, 0.15) is 12.8 Å². The van der Waals surface area contributed by atoms with Gasteiger partial charge in [-0.1, -0.05) is 11.6 Å². The molecule has 0 saturated carbocycles. The van der Waals surface area contributed by atoms with E-state index in [1.165, 1.54) is 0 Å². The van der Waals surface area contributed by atoms with Crippen molar-refractivity contribution >= 4 is 34.1 Å². The van der Waals surface area contributed by atoms with Crippen LogP contribution >= 0.6 is 11.6 Å². The van der Waals surface area contributed by atoms with Gasteiger partial charge in [0.1, 0.15) is 5.82 Å². The van der Waals surface area contributed by atoms with Gasteiger partial charge in [0.05, 0.1) is 6.20 Å². The summed E-state index contributed by atoms with van der Waals surface area (Å²) in [6, 6.07) is 5.81. The first kappa shape index (κ1) is 17.9. The molecular weight excluding hydrogens is 362 g/mol. The number of hydrogen-bond acceptors (Lipinski definition) is 4. The molecule has 3 aromatic rings. The molecule has 0 spiro atoms. The highest BCUT2D eigenvalue weighted by Gasteiger charge is 2.23. The lowest BCUT2D eigenvalue weighted by Crippen LogP contribution is -2.36. The van der Waals surface area contributed by atoms with Crippen LogP contribution in [0.5, 0.6) is 0 Å². The van der Waals surface area contributed by atoms with Crippen LogP contribution in [-0.4, -0.2) is 45.7 Å². The van der Waals surface area contributed by atoms with E-state index in [0.29, 0.717) is 10.8 Å². The Kier molecular flexibility index (Phi) is 4.85. The molecule has 1 fully saturated rings. The summed E-state index contributed by atoms with van der Waals surface area (Å²) in [5, 5.41) is 9.76. The van der Waals surface area contributed by atoms with Crippen molar-refractivity contribution in [3.63, 3.8) is 0 Å². The predicted molar refractivity (Wildman–Crippen MR) is 108 cm³/mol. The van der Waals surface area contributed by atoms with Crippen molar-refractivity contribution in [2.75, 3.05) is 25.5 Å². The van der Waals surface area contributed by atoms with Crippen LogP contribution in [-0.2, 0) is 11.8 Å². The quantitative estimate of drug-likeness (QED) is 0.751. The van der Waals surface area contributed by atoms with Crippen molar-refractivity contribution in [3.8, 4) is 11.1 Å². The van der Waals surface area contributed by atoms with Gasteiger partial charge in [0.25, 0.3) is 0 Å². The number of nitrogens with one attached hydrogen (secondary N) is 1. The summed E-state index contributed by atoms with van der Waals surface area (Å²) < 4.78 is 1.75. The Morgan fingerprint density at radius 3 is 2.63 bits per heavy atom. The maximum absolute atomic E-state index is 12.6. The number of aryl methyl sites for hydroxylation is 1. The topological polar surface area (TPSA) is 63.1 Å². The summed E-state index contributed by atoms with van der Waals surface area (Å²) in [5.41, 5.74) is 1.87. The van der Waals surface area contributed by atoms with Crippen molar-refractivity contribution in [1.29, 1.82) is 0 Å². The number of carbonyl (C=O) groups is 1. The summed E-state index contributed by atoms with van der Waals surface area (Å²) in [4.78, 5) is 19.2. The Morgan fingerprint density at radius 2 is 1.93 bits per heavy atom. The van der Waals surface area contributed by atoms with Gasteiger partial charge in [0.15, 0.2) is 0 Å². The Morgan fingerprint density at radius 1 is 1.15 bits per heavy atom. The second-order valence-electron chi connectivity index (χ2n) is 7.22. The summed E-state index contributed by atoms with van der Waals surface area (Å²) >= 11 is 6.45. The molecule has 1 saturated heterocycles. The van der Waals surface area contributed by atoms with Gasteiger partial charge in [0, 0.05) is 46.9 Å². The fraction of sp³-hybridized carbons (Fsp3) is 0.350. The van der Waals surface area contributed by atoms with E-state index in [9.17, 15) is 4.79 Å². The van der Waals surface area contributed by atoms with E-state index in [1.54, 1.807) is 17.1 Å². The standard InChI is InChI=1S/C20H22ClN5O/c1-25-5-3-13(4-6-25)20(27)24-19-9-14-7-17(16-11-23-26(2)12-16)18(21)8-15(14)10-22-19/h7-13H,3-6H2,1-2H3,(H,22,24,27). The van der Waals surface area contributed by atoms with Gasteiger partial charge >= 0.3 is 0 Å². The third-order valence-corrected chi connectivity index (χ3v) is 5.48. The van der Waals surface area contributed by atoms with E-state index < -0.39 is 0 Å². The number of piperidine rings is 1. The Bertz CT molecular complexity index is 991. The fourth-order valence-electron chi connectivity index (χ4n) is 3.51. The number of likely N-dealkylation sites (tertiary alicyclic amines) is 1. The molecule has 0 aliphatic carbocycles. The minimum absolute atomic E-state index is 0.0508. The summed E-state index contributed by atoms with van der Waals surface area (Å²) in [6.45, 7) is 1.91. The lowest BCUT2D eigenvalue weighted by Gasteiger charge is -2.27. The average Bonchev–Trinajstić information content (AvgIpc) is 3.08. The zero-order chi connectivity index (χ0) is 19.0. The molecule has 4 rings (SSSR count). The number of anilines is 1.